The molecule has 114 valence electrons. The first-order valence-electron chi connectivity index (χ1n) is 8.03. The summed E-state index contributed by atoms with van der Waals surface area (Å²) in [6.07, 6.45) is 8.93. The number of aryl methyl sites for hydroxylation is 2. The summed E-state index contributed by atoms with van der Waals surface area (Å²) in [4.78, 5) is 6.07. The Labute approximate surface area is 130 Å². The number of fused-ring (bicyclic) bond motifs is 1. The van der Waals surface area contributed by atoms with Gasteiger partial charge in [-0.2, -0.15) is 5.10 Å². The van der Waals surface area contributed by atoms with Crippen molar-refractivity contribution in [1.82, 2.24) is 19.7 Å². The summed E-state index contributed by atoms with van der Waals surface area (Å²) in [6.45, 7) is 4.49. The molecule has 0 aliphatic carbocycles. The number of hydrogen-bond acceptors (Lipinski definition) is 2. The number of aromatic nitrogens is 3. The van der Waals surface area contributed by atoms with Gasteiger partial charge >= 0.3 is 0 Å². The van der Waals surface area contributed by atoms with E-state index in [9.17, 15) is 0 Å². The monoisotopic (exact) mass is 294 g/mol. The Morgan fingerprint density at radius 1 is 1.23 bits per heavy atom. The van der Waals surface area contributed by atoms with Crippen LogP contribution in [0.2, 0.25) is 0 Å². The first kappa shape index (κ1) is 13.6. The molecule has 1 aromatic carbocycles. The lowest BCUT2D eigenvalue weighted by molar-refractivity contribution is 0.282. The van der Waals surface area contributed by atoms with Crippen LogP contribution < -0.4 is 0 Å². The highest BCUT2D eigenvalue weighted by Crippen LogP contribution is 2.36. The van der Waals surface area contributed by atoms with Crippen molar-refractivity contribution < 1.29 is 0 Å². The number of nitrogens with one attached hydrogen (secondary N) is 1. The Kier molecular flexibility index (Phi) is 3.26. The minimum absolute atomic E-state index is 0.298. The van der Waals surface area contributed by atoms with Crippen LogP contribution >= 0.6 is 0 Å². The molecule has 4 heteroatoms. The molecule has 1 aliphatic rings. The highest BCUT2D eigenvalue weighted by atomic mass is 15.3. The van der Waals surface area contributed by atoms with Gasteiger partial charge in [-0.3, -0.25) is 9.58 Å². The van der Waals surface area contributed by atoms with Gasteiger partial charge in [0.25, 0.3) is 0 Å². The van der Waals surface area contributed by atoms with Crippen molar-refractivity contribution in [2.24, 2.45) is 7.05 Å². The van der Waals surface area contributed by atoms with E-state index in [0.717, 1.165) is 13.1 Å². The molecule has 1 fully saturated rings. The summed E-state index contributed by atoms with van der Waals surface area (Å²) in [5, 5.41) is 5.73. The summed E-state index contributed by atoms with van der Waals surface area (Å²) in [6, 6.07) is 6.84. The summed E-state index contributed by atoms with van der Waals surface area (Å²) in [7, 11) is 1.99. The molecular formula is C18H22N4. The smallest absolute Gasteiger partial charge is 0.0654 e. The van der Waals surface area contributed by atoms with E-state index in [1.54, 1.807) is 0 Å². The van der Waals surface area contributed by atoms with E-state index in [1.165, 1.54) is 40.4 Å². The Bertz CT molecular complexity index is 792. The second-order valence-corrected chi connectivity index (χ2v) is 6.33. The zero-order chi connectivity index (χ0) is 15.1. The van der Waals surface area contributed by atoms with Crippen molar-refractivity contribution in [3.05, 3.63) is 53.5 Å². The highest BCUT2D eigenvalue weighted by Gasteiger charge is 2.28. The number of aromatic amines is 1. The molecule has 0 spiro atoms. The van der Waals surface area contributed by atoms with Crippen LogP contribution in [-0.4, -0.2) is 32.8 Å². The molecule has 4 rings (SSSR count). The van der Waals surface area contributed by atoms with Crippen LogP contribution in [0.4, 0.5) is 0 Å². The average molecular weight is 294 g/mol. The predicted molar refractivity (Wildman–Crippen MR) is 88.9 cm³/mol. The van der Waals surface area contributed by atoms with Gasteiger partial charge in [-0.15, -0.1) is 0 Å². The van der Waals surface area contributed by atoms with Crippen molar-refractivity contribution in [1.29, 1.82) is 0 Å². The molecule has 3 aromatic rings. The minimum atomic E-state index is 0.298. The van der Waals surface area contributed by atoms with Crippen LogP contribution in [0.5, 0.6) is 0 Å². The maximum absolute atomic E-state index is 4.40. The number of rotatable bonds is 3. The Hall–Kier alpha value is -2.07. The van der Waals surface area contributed by atoms with Gasteiger partial charge in [-0.1, -0.05) is 18.2 Å². The maximum Gasteiger partial charge on any atom is 0.0654 e. The fraction of sp³-hybridized carbons (Fsp3) is 0.389. The van der Waals surface area contributed by atoms with Gasteiger partial charge in [0.1, 0.15) is 0 Å². The largest absolute Gasteiger partial charge is 0.361 e. The van der Waals surface area contributed by atoms with Crippen molar-refractivity contribution in [2.45, 2.75) is 25.8 Å². The number of hydrogen-bond donors (Lipinski definition) is 1. The molecule has 1 N–H and O–H groups in total. The first-order valence-corrected chi connectivity index (χ1v) is 8.03. The number of para-hydroxylation sites is 1. The van der Waals surface area contributed by atoms with Crippen LogP contribution in [0.1, 0.15) is 35.6 Å². The molecule has 0 amide bonds. The summed E-state index contributed by atoms with van der Waals surface area (Å²) in [5.41, 5.74) is 5.21. The normalized spacial score (nSPS) is 17.4. The standard InChI is InChI=1S/C18H22N4/c1-13-6-5-7-15-16(11-19-17(13)15)18(22-8-3-4-9-22)14-10-20-21(2)12-14/h5-7,10-12,18-19H,3-4,8-9H2,1-2H3. The van der Waals surface area contributed by atoms with Crippen LogP contribution in [0.3, 0.4) is 0 Å². The van der Waals surface area contributed by atoms with Crippen molar-refractivity contribution >= 4 is 10.9 Å². The van der Waals surface area contributed by atoms with Crippen molar-refractivity contribution in [2.75, 3.05) is 13.1 Å². The lowest BCUT2D eigenvalue weighted by Crippen LogP contribution is -2.26. The number of H-pyrrole nitrogens is 1. The fourth-order valence-electron chi connectivity index (χ4n) is 3.72. The van der Waals surface area contributed by atoms with Gasteiger partial charge in [-0.05, 0) is 44.0 Å². The van der Waals surface area contributed by atoms with Crippen LogP contribution in [0.25, 0.3) is 10.9 Å². The zero-order valence-corrected chi connectivity index (χ0v) is 13.2. The first-order chi connectivity index (χ1) is 10.7. The van der Waals surface area contributed by atoms with Crippen LogP contribution in [0, 0.1) is 6.92 Å². The Morgan fingerprint density at radius 2 is 2.05 bits per heavy atom. The predicted octanol–water partition coefficient (Wildman–Crippen LogP) is 3.40. The number of nitrogens with zero attached hydrogens (tertiary/aromatic N) is 3. The molecule has 1 saturated heterocycles. The second kappa shape index (κ2) is 5.29. The van der Waals surface area contributed by atoms with Gasteiger partial charge in [-0.25, -0.2) is 0 Å². The molecule has 1 aliphatic heterocycles. The molecule has 1 atom stereocenters. The van der Waals surface area contributed by atoms with E-state index in [2.05, 4.69) is 52.5 Å². The van der Waals surface area contributed by atoms with E-state index >= 15 is 0 Å². The molecule has 3 heterocycles. The van der Waals surface area contributed by atoms with Crippen LogP contribution in [-0.2, 0) is 7.05 Å². The van der Waals surface area contributed by atoms with Gasteiger partial charge in [0.2, 0.25) is 0 Å². The fourth-order valence-corrected chi connectivity index (χ4v) is 3.72. The third kappa shape index (κ3) is 2.15. The molecule has 22 heavy (non-hydrogen) atoms. The van der Waals surface area contributed by atoms with E-state index in [4.69, 9.17) is 0 Å². The SMILES string of the molecule is Cc1cccc2c(C(c3cnn(C)c3)N3CCCC3)c[nH]c12. The van der Waals surface area contributed by atoms with Gasteiger partial charge in [0, 0.05) is 35.9 Å². The van der Waals surface area contributed by atoms with E-state index in [1.807, 2.05) is 17.9 Å². The third-order valence-electron chi connectivity index (χ3n) is 4.80. The van der Waals surface area contributed by atoms with Crippen LogP contribution in [0.15, 0.2) is 36.8 Å². The van der Waals surface area contributed by atoms with Crippen molar-refractivity contribution in [3.8, 4) is 0 Å². The lowest BCUT2D eigenvalue weighted by Gasteiger charge is -2.26. The second-order valence-electron chi connectivity index (χ2n) is 6.33. The summed E-state index contributed by atoms with van der Waals surface area (Å²) in [5.74, 6) is 0. The number of likely N-dealkylation sites (tertiary alicyclic amines) is 1. The van der Waals surface area contributed by atoms with E-state index < -0.39 is 0 Å². The molecule has 0 bridgehead atoms. The summed E-state index contributed by atoms with van der Waals surface area (Å²) >= 11 is 0. The van der Waals surface area contributed by atoms with Gasteiger partial charge in [0.05, 0.1) is 12.2 Å². The molecule has 1 unspecified atom stereocenters. The molecule has 0 radical (unpaired) electrons. The van der Waals surface area contributed by atoms with E-state index in [-0.39, 0.29) is 0 Å². The zero-order valence-electron chi connectivity index (χ0n) is 13.2. The summed E-state index contributed by atoms with van der Waals surface area (Å²) < 4.78 is 1.90. The molecule has 0 saturated carbocycles. The highest BCUT2D eigenvalue weighted by molar-refractivity contribution is 5.86. The maximum atomic E-state index is 4.40. The molecular weight excluding hydrogens is 272 g/mol. The van der Waals surface area contributed by atoms with Gasteiger partial charge < -0.3 is 4.98 Å². The van der Waals surface area contributed by atoms with E-state index in [0.29, 0.717) is 6.04 Å². The lowest BCUT2D eigenvalue weighted by atomic mass is 9.98. The number of benzene rings is 1. The minimum Gasteiger partial charge on any atom is -0.361 e. The third-order valence-corrected chi connectivity index (χ3v) is 4.80. The quantitative estimate of drug-likeness (QED) is 0.804. The Morgan fingerprint density at radius 3 is 2.77 bits per heavy atom. The van der Waals surface area contributed by atoms with Gasteiger partial charge in [0.15, 0.2) is 0 Å². The topological polar surface area (TPSA) is 36.9 Å². The Balaban J connectivity index is 1.87. The molecule has 2 aromatic heterocycles. The average Bonchev–Trinajstić information content (AvgIpc) is 3.22. The van der Waals surface area contributed by atoms with Crippen molar-refractivity contribution in [3.63, 3.8) is 0 Å². The molecule has 4 nitrogen and oxygen atoms in total.